The van der Waals surface area contributed by atoms with Crippen LogP contribution in [-0.4, -0.2) is 59.6 Å². The van der Waals surface area contributed by atoms with Gasteiger partial charge in [-0.2, -0.15) is 0 Å². The molecular weight excluding hydrogens is 450 g/mol. The van der Waals surface area contributed by atoms with Gasteiger partial charge in [0, 0.05) is 30.6 Å². The molecule has 0 aromatic heterocycles. The number of nitrogens with zero attached hydrogens (tertiary/aromatic N) is 1. The van der Waals surface area contributed by atoms with Crippen LogP contribution in [-0.2, 0) is 9.53 Å². The van der Waals surface area contributed by atoms with Crippen LogP contribution in [0, 0.1) is 23.2 Å². The maximum atomic E-state index is 13.7. The second kappa shape index (κ2) is 12.1. The number of nitrogens with two attached hydrogens (primary N) is 2. The highest BCUT2D eigenvalue weighted by atomic mass is 16.5. The van der Waals surface area contributed by atoms with Crippen molar-refractivity contribution in [2.24, 2.45) is 29.2 Å². The molecule has 1 amide bonds. The number of carbonyl (C=O) groups excluding carboxylic acids is 1. The number of fused-ring (bicyclic) bond motifs is 1. The molecule has 4 saturated carbocycles. The Balaban J connectivity index is 1.24. The number of nitrogens with one attached hydrogen (secondary N) is 2. The summed E-state index contributed by atoms with van der Waals surface area (Å²) < 4.78 is 6.61. The van der Waals surface area contributed by atoms with Crippen molar-refractivity contribution >= 4 is 11.7 Å². The van der Waals surface area contributed by atoms with Crippen molar-refractivity contribution < 1.29 is 9.53 Å². The van der Waals surface area contributed by atoms with E-state index in [0.29, 0.717) is 42.0 Å². The molecule has 4 aliphatic carbocycles. The van der Waals surface area contributed by atoms with E-state index < -0.39 is 0 Å². The number of amides is 1. The fourth-order valence-corrected chi connectivity index (χ4v) is 8.21. The zero-order valence-electron chi connectivity index (χ0n) is 22.3. The van der Waals surface area contributed by atoms with Gasteiger partial charge in [-0.1, -0.05) is 25.7 Å². The van der Waals surface area contributed by atoms with Gasteiger partial charge in [-0.15, -0.1) is 0 Å². The van der Waals surface area contributed by atoms with Gasteiger partial charge >= 0.3 is 0 Å². The third-order valence-electron chi connectivity index (χ3n) is 10.3. The van der Waals surface area contributed by atoms with Crippen molar-refractivity contribution in [3.8, 4) is 0 Å². The predicted octanol–water partition coefficient (Wildman–Crippen LogP) is 4.08. The van der Waals surface area contributed by atoms with Crippen LogP contribution in [0.25, 0.3) is 0 Å². The number of hydrogen-bond donors (Lipinski definition) is 4. The largest absolute Gasteiger partial charge is 0.387 e. The number of rotatable bonds is 7. The van der Waals surface area contributed by atoms with E-state index in [1.165, 1.54) is 51.4 Å². The fourth-order valence-electron chi connectivity index (χ4n) is 8.21. The summed E-state index contributed by atoms with van der Waals surface area (Å²) in [4.78, 5) is 16.2. The Morgan fingerprint density at radius 3 is 2.36 bits per heavy atom. The molecular formula is C29H51N5O2. The summed E-state index contributed by atoms with van der Waals surface area (Å²) in [5, 5.41) is 11.5. The minimum atomic E-state index is -0.0408. The summed E-state index contributed by atoms with van der Waals surface area (Å²) in [5.74, 6) is 1.87. The van der Waals surface area contributed by atoms with Gasteiger partial charge in [0.1, 0.15) is 0 Å². The van der Waals surface area contributed by atoms with Crippen molar-refractivity contribution in [3.63, 3.8) is 0 Å². The van der Waals surface area contributed by atoms with Crippen molar-refractivity contribution in [2.45, 2.75) is 146 Å². The van der Waals surface area contributed by atoms with E-state index in [9.17, 15) is 4.79 Å². The van der Waals surface area contributed by atoms with Crippen LogP contribution in [0.1, 0.15) is 109 Å². The normalized spacial score (nSPS) is 40.5. The molecule has 1 aliphatic heterocycles. The van der Waals surface area contributed by atoms with Gasteiger partial charge in [0.25, 0.3) is 0 Å². The molecule has 204 valence electrons. The van der Waals surface area contributed by atoms with Gasteiger partial charge < -0.3 is 21.5 Å². The van der Waals surface area contributed by atoms with Crippen molar-refractivity contribution in [1.82, 2.24) is 10.2 Å². The first kappa shape index (κ1) is 26.4. The molecule has 5 fully saturated rings. The molecule has 6 N–H and O–H groups in total. The highest BCUT2D eigenvalue weighted by Crippen LogP contribution is 2.43. The minimum Gasteiger partial charge on any atom is -0.387 e. The summed E-state index contributed by atoms with van der Waals surface area (Å²) in [6.45, 7) is 0.990. The van der Waals surface area contributed by atoms with Gasteiger partial charge in [0.15, 0.2) is 0 Å². The molecule has 0 spiro atoms. The Morgan fingerprint density at radius 1 is 0.861 bits per heavy atom. The lowest BCUT2D eigenvalue weighted by atomic mass is 9.77. The summed E-state index contributed by atoms with van der Waals surface area (Å²) >= 11 is 0. The first-order chi connectivity index (χ1) is 17.5. The topological polar surface area (TPSA) is 117 Å². The molecule has 0 radical (unpaired) electrons. The molecule has 7 nitrogen and oxygen atoms in total. The summed E-state index contributed by atoms with van der Waals surface area (Å²) in [5.41, 5.74) is 12.1. The standard InChI is InChI=1S/C29H51N5O2/c30-22-11-13-23(14-12-22)33-29(35)27-16-20-9-10-21(28(31)32)17-26(20)34(27)18-19-5-4-8-25(15-19)36-24-6-2-1-3-7-24/h19-27H,1-18,30H2,(H3,31,32)(H,33,35). The molecule has 1 heterocycles. The van der Waals surface area contributed by atoms with E-state index in [1.54, 1.807) is 0 Å². The maximum absolute atomic E-state index is 13.7. The highest BCUT2D eigenvalue weighted by Gasteiger charge is 2.48. The molecule has 6 atom stereocenters. The Labute approximate surface area is 218 Å². The third kappa shape index (κ3) is 6.44. The van der Waals surface area contributed by atoms with Crippen LogP contribution >= 0.6 is 0 Å². The lowest BCUT2D eigenvalue weighted by Crippen LogP contribution is -2.52. The van der Waals surface area contributed by atoms with Crippen LogP contribution in [0.3, 0.4) is 0 Å². The predicted molar refractivity (Wildman–Crippen MR) is 144 cm³/mol. The van der Waals surface area contributed by atoms with E-state index >= 15 is 0 Å². The zero-order valence-corrected chi connectivity index (χ0v) is 22.3. The summed E-state index contributed by atoms with van der Waals surface area (Å²) in [6.07, 6.45) is 20.1. The van der Waals surface area contributed by atoms with E-state index in [-0.39, 0.29) is 23.9 Å². The highest BCUT2D eigenvalue weighted by molar-refractivity contribution is 5.83. The Bertz CT molecular complexity index is 748. The monoisotopic (exact) mass is 501 g/mol. The Morgan fingerprint density at radius 2 is 1.61 bits per heavy atom. The van der Waals surface area contributed by atoms with E-state index in [2.05, 4.69) is 10.2 Å². The van der Waals surface area contributed by atoms with Crippen molar-refractivity contribution in [2.75, 3.05) is 6.54 Å². The quantitative estimate of drug-likeness (QED) is 0.310. The maximum Gasteiger partial charge on any atom is 0.237 e. The average molecular weight is 502 g/mol. The van der Waals surface area contributed by atoms with Crippen LogP contribution in [0.4, 0.5) is 0 Å². The number of amidine groups is 1. The van der Waals surface area contributed by atoms with Gasteiger partial charge in [-0.25, -0.2) is 0 Å². The first-order valence-electron chi connectivity index (χ1n) is 15.3. The number of hydrogen-bond acceptors (Lipinski definition) is 5. The van der Waals surface area contributed by atoms with Crippen LogP contribution in [0.15, 0.2) is 0 Å². The molecule has 0 aromatic rings. The second-order valence-electron chi connectivity index (χ2n) is 12.9. The number of likely N-dealkylation sites (tertiary alicyclic amines) is 1. The minimum absolute atomic E-state index is 0.0408. The lowest BCUT2D eigenvalue weighted by molar-refractivity contribution is -0.127. The van der Waals surface area contributed by atoms with E-state index in [0.717, 1.165) is 64.3 Å². The Kier molecular flexibility index (Phi) is 8.90. The molecule has 0 bridgehead atoms. The van der Waals surface area contributed by atoms with E-state index in [1.807, 2.05) is 0 Å². The summed E-state index contributed by atoms with van der Waals surface area (Å²) in [6, 6.07) is 0.904. The van der Waals surface area contributed by atoms with Crippen molar-refractivity contribution in [3.05, 3.63) is 0 Å². The molecule has 5 rings (SSSR count). The molecule has 0 aromatic carbocycles. The van der Waals surface area contributed by atoms with Crippen LogP contribution in [0.2, 0.25) is 0 Å². The lowest BCUT2D eigenvalue weighted by Gasteiger charge is -2.40. The SMILES string of the molecule is N=C(N)C1CCC2CC(C(=O)NC3CCC(N)CC3)N(CC3CCCC(OC4CCCCC4)C3)C2C1. The number of ether oxygens (including phenoxy) is 1. The van der Waals surface area contributed by atoms with Crippen LogP contribution in [0.5, 0.6) is 0 Å². The number of carbonyl (C=O) groups is 1. The van der Waals surface area contributed by atoms with Gasteiger partial charge in [0.05, 0.1) is 24.1 Å². The first-order valence-corrected chi connectivity index (χ1v) is 15.3. The van der Waals surface area contributed by atoms with Crippen molar-refractivity contribution in [1.29, 1.82) is 5.41 Å². The average Bonchev–Trinajstić information content (AvgIpc) is 3.24. The molecule has 7 heteroatoms. The third-order valence-corrected chi connectivity index (χ3v) is 10.3. The molecule has 1 saturated heterocycles. The van der Waals surface area contributed by atoms with Crippen LogP contribution < -0.4 is 16.8 Å². The van der Waals surface area contributed by atoms with Gasteiger partial charge in [0.2, 0.25) is 5.91 Å². The van der Waals surface area contributed by atoms with Gasteiger partial charge in [-0.3, -0.25) is 15.1 Å². The second-order valence-corrected chi connectivity index (χ2v) is 12.9. The molecule has 6 unspecified atom stereocenters. The van der Waals surface area contributed by atoms with Gasteiger partial charge in [-0.05, 0) is 95.3 Å². The molecule has 5 aliphatic rings. The van der Waals surface area contributed by atoms with E-state index in [4.69, 9.17) is 21.6 Å². The summed E-state index contributed by atoms with van der Waals surface area (Å²) in [7, 11) is 0. The smallest absolute Gasteiger partial charge is 0.237 e. The fraction of sp³-hybridized carbons (Fsp3) is 0.931. The molecule has 36 heavy (non-hydrogen) atoms. The Hall–Kier alpha value is -1.18. The zero-order chi connectivity index (χ0) is 25.1.